The second-order valence-electron chi connectivity index (χ2n) is 4.61. The summed E-state index contributed by atoms with van der Waals surface area (Å²) >= 11 is 1.63. The number of aryl methyl sites for hydroxylation is 1. The van der Waals surface area contributed by atoms with Gasteiger partial charge in [-0.05, 0) is 12.5 Å². The molecule has 0 amide bonds. The van der Waals surface area contributed by atoms with Gasteiger partial charge in [0.1, 0.15) is 0 Å². The van der Waals surface area contributed by atoms with Gasteiger partial charge in [-0.15, -0.1) is 11.3 Å². The third-order valence-corrected chi connectivity index (χ3v) is 3.75. The smallest absolute Gasteiger partial charge is 0.183 e. The first-order valence-corrected chi connectivity index (χ1v) is 7.43. The van der Waals surface area contributed by atoms with Gasteiger partial charge in [0.05, 0.1) is 18.4 Å². The van der Waals surface area contributed by atoms with Gasteiger partial charge in [0.25, 0.3) is 0 Å². The van der Waals surface area contributed by atoms with Gasteiger partial charge in [-0.1, -0.05) is 30.3 Å². The number of nitrogens with zero attached hydrogens (tertiary/aromatic N) is 3. The first-order valence-electron chi connectivity index (χ1n) is 6.55. The van der Waals surface area contributed by atoms with Gasteiger partial charge in [-0.3, -0.25) is 4.68 Å². The van der Waals surface area contributed by atoms with Crippen molar-refractivity contribution in [2.45, 2.75) is 13.5 Å². The molecule has 0 atom stereocenters. The molecule has 0 unspecified atom stereocenters. The first kappa shape index (κ1) is 12.9. The molecule has 3 aromatic rings. The molecule has 2 aromatic heterocycles. The van der Waals surface area contributed by atoms with Gasteiger partial charge in [-0.2, -0.15) is 5.10 Å². The van der Waals surface area contributed by atoms with Crippen LogP contribution in [0.3, 0.4) is 0 Å². The van der Waals surface area contributed by atoms with E-state index >= 15 is 0 Å². The Hall–Kier alpha value is -2.14. The third kappa shape index (κ3) is 3.05. The van der Waals surface area contributed by atoms with Gasteiger partial charge in [0.15, 0.2) is 5.13 Å². The van der Waals surface area contributed by atoms with Crippen LogP contribution in [0.5, 0.6) is 0 Å². The van der Waals surface area contributed by atoms with Crippen molar-refractivity contribution in [2.75, 3.05) is 11.9 Å². The van der Waals surface area contributed by atoms with E-state index in [0.29, 0.717) is 0 Å². The first-order chi connectivity index (χ1) is 9.81. The molecule has 0 aliphatic rings. The number of aromatic nitrogens is 3. The number of hydrogen-bond acceptors (Lipinski definition) is 4. The van der Waals surface area contributed by atoms with Crippen LogP contribution in [-0.2, 0) is 6.54 Å². The summed E-state index contributed by atoms with van der Waals surface area (Å²) in [6.07, 6.45) is 3.91. The lowest BCUT2D eigenvalue weighted by Crippen LogP contribution is -2.10. The maximum atomic E-state index is 4.59. The van der Waals surface area contributed by atoms with E-state index < -0.39 is 0 Å². The third-order valence-electron chi connectivity index (χ3n) is 2.95. The fraction of sp³-hybridized carbons (Fsp3) is 0.200. The maximum absolute atomic E-state index is 4.59. The SMILES string of the molecule is Cc1cnn(CCNc2nc(-c3ccccc3)cs2)c1. The minimum absolute atomic E-state index is 0.822. The van der Waals surface area contributed by atoms with Gasteiger partial charge in [-0.25, -0.2) is 4.98 Å². The van der Waals surface area contributed by atoms with Crippen LogP contribution < -0.4 is 5.32 Å². The largest absolute Gasteiger partial charge is 0.360 e. The van der Waals surface area contributed by atoms with Crippen molar-refractivity contribution in [3.05, 3.63) is 53.7 Å². The van der Waals surface area contributed by atoms with Crippen LogP contribution in [0, 0.1) is 6.92 Å². The van der Waals surface area contributed by atoms with E-state index in [1.807, 2.05) is 42.2 Å². The monoisotopic (exact) mass is 284 g/mol. The van der Waals surface area contributed by atoms with Crippen LogP contribution in [0.15, 0.2) is 48.1 Å². The highest BCUT2D eigenvalue weighted by Crippen LogP contribution is 2.24. The van der Waals surface area contributed by atoms with Crippen molar-refractivity contribution in [3.8, 4) is 11.3 Å². The number of thiazole rings is 1. The Labute approximate surface area is 122 Å². The van der Waals surface area contributed by atoms with E-state index in [9.17, 15) is 0 Å². The van der Waals surface area contributed by atoms with Crippen LogP contribution in [0.4, 0.5) is 5.13 Å². The average Bonchev–Trinajstić information content (AvgIpc) is 3.09. The van der Waals surface area contributed by atoms with E-state index in [0.717, 1.165) is 29.5 Å². The van der Waals surface area contributed by atoms with Gasteiger partial charge < -0.3 is 5.32 Å². The molecule has 1 N–H and O–H groups in total. The number of anilines is 1. The van der Waals surface area contributed by atoms with Crippen molar-refractivity contribution in [1.82, 2.24) is 14.8 Å². The Bertz CT molecular complexity index is 672. The van der Waals surface area contributed by atoms with Crippen molar-refractivity contribution in [1.29, 1.82) is 0 Å². The fourth-order valence-corrected chi connectivity index (χ4v) is 2.71. The quantitative estimate of drug-likeness (QED) is 0.780. The Morgan fingerprint density at radius 1 is 1.25 bits per heavy atom. The Kier molecular flexibility index (Phi) is 3.78. The fourth-order valence-electron chi connectivity index (χ4n) is 1.96. The van der Waals surface area contributed by atoms with Crippen LogP contribution in [0.25, 0.3) is 11.3 Å². The molecular formula is C15H16N4S. The van der Waals surface area contributed by atoms with Crippen molar-refractivity contribution in [3.63, 3.8) is 0 Å². The molecule has 0 bridgehead atoms. The van der Waals surface area contributed by atoms with E-state index in [4.69, 9.17) is 0 Å². The zero-order chi connectivity index (χ0) is 13.8. The summed E-state index contributed by atoms with van der Waals surface area (Å²) in [6.45, 7) is 3.71. The molecule has 20 heavy (non-hydrogen) atoms. The number of nitrogens with one attached hydrogen (secondary N) is 1. The molecule has 0 aliphatic carbocycles. The highest BCUT2D eigenvalue weighted by Gasteiger charge is 2.03. The van der Waals surface area contributed by atoms with Crippen molar-refractivity contribution >= 4 is 16.5 Å². The second-order valence-corrected chi connectivity index (χ2v) is 5.47. The molecule has 0 saturated heterocycles. The summed E-state index contributed by atoms with van der Waals surface area (Å²) in [5.41, 5.74) is 3.36. The zero-order valence-corrected chi connectivity index (χ0v) is 12.1. The lowest BCUT2D eigenvalue weighted by molar-refractivity contribution is 0.637. The topological polar surface area (TPSA) is 42.7 Å². The molecule has 0 aliphatic heterocycles. The molecule has 0 radical (unpaired) electrons. The highest BCUT2D eigenvalue weighted by atomic mass is 32.1. The predicted octanol–water partition coefficient (Wildman–Crippen LogP) is 3.43. The maximum Gasteiger partial charge on any atom is 0.183 e. The van der Waals surface area contributed by atoms with E-state index in [2.05, 4.69) is 32.9 Å². The lowest BCUT2D eigenvalue weighted by atomic mass is 10.2. The van der Waals surface area contributed by atoms with Crippen LogP contribution in [0.1, 0.15) is 5.56 Å². The van der Waals surface area contributed by atoms with Crippen molar-refractivity contribution < 1.29 is 0 Å². The number of hydrogen-bond donors (Lipinski definition) is 1. The summed E-state index contributed by atoms with van der Waals surface area (Å²) in [6, 6.07) is 10.2. The van der Waals surface area contributed by atoms with Crippen LogP contribution >= 0.6 is 11.3 Å². The van der Waals surface area contributed by atoms with Crippen molar-refractivity contribution in [2.24, 2.45) is 0 Å². The Morgan fingerprint density at radius 3 is 2.85 bits per heavy atom. The summed E-state index contributed by atoms with van der Waals surface area (Å²) in [5.74, 6) is 0. The van der Waals surface area contributed by atoms with Gasteiger partial charge in [0, 0.05) is 23.7 Å². The van der Waals surface area contributed by atoms with Gasteiger partial charge >= 0.3 is 0 Å². The molecular weight excluding hydrogens is 268 g/mol. The van der Waals surface area contributed by atoms with E-state index in [1.54, 1.807) is 11.3 Å². The molecule has 0 fully saturated rings. The highest BCUT2D eigenvalue weighted by molar-refractivity contribution is 7.14. The van der Waals surface area contributed by atoms with Gasteiger partial charge in [0.2, 0.25) is 0 Å². The molecule has 1 aromatic carbocycles. The van der Waals surface area contributed by atoms with E-state index in [1.165, 1.54) is 5.56 Å². The summed E-state index contributed by atoms with van der Waals surface area (Å²) < 4.78 is 1.94. The van der Waals surface area contributed by atoms with E-state index in [-0.39, 0.29) is 0 Å². The molecule has 0 spiro atoms. The standard InChI is InChI=1S/C15H16N4S/c1-12-9-17-19(10-12)8-7-16-15-18-14(11-20-15)13-5-3-2-4-6-13/h2-6,9-11H,7-8H2,1H3,(H,16,18). The number of rotatable bonds is 5. The minimum atomic E-state index is 0.822. The molecule has 0 saturated carbocycles. The Balaban J connectivity index is 1.58. The average molecular weight is 284 g/mol. The lowest BCUT2D eigenvalue weighted by Gasteiger charge is -2.02. The molecule has 2 heterocycles. The minimum Gasteiger partial charge on any atom is -0.360 e. The summed E-state index contributed by atoms with van der Waals surface area (Å²) in [4.78, 5) is 4.59. The Morgan fingerprint density at radius 2 is 2.10 bits per heavy atom. The summed E-state index contributed by atoms with van der Waals surface area (Å²) in [5, 5.41) is 10.6. The molecule has 102 valence electrons. The summed E-state index contributed by atoms with van der Waals surface area (Å²) in [7, 11) is 0. The van der Waals surface area contributed by atoms with Crippen LogP contribution in [-0.4, -0.2) is 21.3 Å². The zero-order valence-electron chi connectivity index (χ0n) is 11.3. The number of benzene rings is 1. The van der Waals surface area contributed by atoms with Crippen LogP contribution in [0.2, 0.25) is 0 Å². The molecule has 4 nitrogen and oxygen atoms in total. The normalized spacial score (nSPS) is 10.7. The second kappa shape index (κ2) is 5.88. The molecule has 5 heteroatoms. The predicted molar refractivity (Wildman–Crippen MR) is 83.0 cm³/mol. The molecule has 3 rings (SSSR count).